The van der Waals surface area contributed by atoms with E-state index in [4.69, 9.17) is 11.5 Å². The second-order valence-electron chi connectivity index (χ2n) is 3.07. The maximum absolute atomic E-state index is 11.7. The molecule has 8 heteroatoms. The van der Waals surface area contributed by atoms with Gasteiger partial charge >= 0.3 is 0 Å². The molecule has 0 saturated carbocycles. The van der Waals surface area contributed by atoms with Crippen molar-refractivity contribution in [2.75, 3.05) is 16.8 Å². The minimum Gasteiger partial charge on any atom is -0.368 e. The molecule has 2 heterocycles. The molecule has 8 nitrogen and oxygen atoms in total. The van der Waals surface area contributed by atoms with Gasteiger partial charge in [-0.3, -0.25) is 15.1 Å². The van der Waals surface area contributed by atoms with Crippen LogP contribution in [0.5, 0.6) is 0 Å². The Balaban J connectivity index is 2.19. The molecule has 2 aromatic rings. The van der Waals surface area contributed by atoms with Crippen molar-refractivity contribution in [3.05, 3.63) is 30.1 Å². The molecule has 0 unspecified atom stereocenters. The van der Waals surface area contributed by atoms with Crippen molar-refractivity contribution in [2.24, 2.45) is 0 Å². The molecule has 0 atom stereocenters. The van der Waals surface area contributed by atoms with Crippen molar-refractivity contribution in [1.82, 2.24) is 19.9 Å². The number of nitrogens with two attached hydrogens (primary N) is 2. The van der Waals surface area contributed by atoms with Gasteiger partial charge in [-0.25, -0.2) is 0 Å². The number of nitrogen functional groups attached to an aromatic ring is 2. The molecule has 0 radical (unpaired) electrons. The second kappa shape index (κ2) is 4.39. The molecule has 0 bridgehead atoms. The van der Waals surface area contributed by atoms with Gasteiger partial charge in [-0.1, -0.05) is 0 Å². The lowest BCUT2D eigenvalue weighted by atomic mass is 10.3. The lowest BCUT2D eigenvalue weighted by Gasteiger charge is -2.03. The number of hydrogen-bond donors (Lipinski definition) is 3. The monoisotopic (exact) mass is 231 g/mol. The van der Waals surface area contributed by atoms with Crippen molar-refractivity contribution in [3.8, 4) is 0 Å². The van der Waals surface area contributed by atoms with E-state index >= 15 is 0 Å². The number of anilines is 3. The molecule has 5 N–H and O–H groups in total. The molecule has 2 aromatic heterocycles. The fraction of sp³-hybridized carbons (Fsp3) is 0. The average molecular weight is 231 g/mol. The normalized spacial score (nSPS) is 9.88. The molecule has 0 spiro atoms. The van der Waals surface area contributed by atoms with Crippen LogP contribution in [0.3, 0.4) is 0 Å². The average Bonchev–Trinajstić information content (AvgIpc) is 2.28. The number of carbonyl (C=O) groups excluding carboxylic acids is 1. The van der Waals surface area contributed by atoms with Crippen LogP contribution in [0.4, 0.5) is 17.8 Å². The number of carbonyl (C=O) groups is 1. The second-order valence-corrected chi connectivity index (χ2v) is 3.07. The van der Waals surface area contributed by atoms with Gasteiger partial charge in [-0.05, 0) is 12.1 Å². The number of hydrogen-bond acceptors (Lipinski definition) is 7. The maximum atomic E-state index is 11.7. The summed E-state index contributed by atoms with van der Waals surface area (Å²) in [6.45, 7) is 0. The van der Waals surface area contributed by atoms with Crippen LogP contribution in [-0.4, -0.2) is 25.8 Å². The smallest absolute Gasteiger partial charge is 0.259 e. The molecular weight excluding hydrogens is 222 g/mol. The van der Waals surface area contributed by atoms with Gasteiger partial charge in [-0.15, -0.1) is 0 Å². The first kappa shape index (κ1) is 10.7. The number of pyridine rings is 1. The summed E-state index contributed by atoms with van der Waals surface area (Å²) in [5, 5.41) is 2.44. The first-order chi connectivity index (χ1) is 8.15. The Labute approximate surface area is 96.1 Å². The Morgan fingerprint density at radius 3 is 2.47 bits per heavy atom. The molecule has 0 saturated heterocycles. The zero-order chi connectivity index (χ0) is 12.3. The van der Waals surface area contributed by atoms with Gasteiger partial charge in [0.25, 0.3) is 5.91 Å². The summed E-state index contributed by atoms with van der Waals surface area (Å²) < 4.78 is 0. The van der Waals surface area contributed by atoms with Crippen LogP contribution in [-0.2, 0) is 0 Å². The van der Waals surface area contributed by atoms with Gasteiger partial charge in [0.15, 0.2) is 0 Å². The molecule has 86 valence electrons. The van der Waals surface area contributed by atoms with Crippen molar-refractivity contribution < 1.29 is 4.79 Å². The van der Waals surface area contributed by atoms with Crippen molar-refractivity contribution >= 4 is 23.8 Å². The third-order valence-corrected chi connectivity index (χ3v) is 1.82. The molecule has 17 heavy (non-hydrogen) atoms. The van der Waals surface area contributed by atoms with Gasteiger partial charge in [0, 0.05) is 12.4 Å². The van der Waals surface area contributed by atoms with Gasteiger partial charge in [0.2, 0.25) is 17.8 Å². The summed E-state index contributed by atoms with van der Waals surface area (Å²) in [5.74, 6) is -0.509. The summed E-state index contributed by atoms with van der Waals surface area (Å²) in [6.07, 6.45) is 2.99. The fourth-order valence-electron chi connectivity index (χ4n) is 1.14. The minimum atomic E-state index is -0.400. The number of rotatable bonds is 2. The van der Waals surface area contributed by atoms with Crippen LogP contribution in [0.2, 0.25) is 0 Å². The van der Waals surface area contributed by atoms with Gasteiger partial charge in [-0.2, -0.15) is 15.0 Å². The van der Waals surface area contributed by atoms with Crippen LogP contribution in [0, 0.1) is 0 Å². The van der Waals surface area contributed by atoms with Gasteiger partial charge in [0.05, 0.1) is 5.56 Å². The number of amides is 1. The molecule has 0 aliphatic carbocycles. The van der Waals surface area contributed by atoms with Crippen LogP contribution in [0.15, 0.2) is 24.5 Å². The zero-order valence-electron chi connectivity index (χ0n) is 8.66. The van der Waals surface area contributed by atoms with Crippen molar-refractivity contribution in [2.45, 2.75) is 0 Å². The highest BCUT2D eigenvalue weighted by Crippen LogP contribution is 2.05. The van der Waals surface area contributed by atoms with Crippen molar-refractivity contribution in [3.63, 3.8) is 0 Å². The van der Waals surface area contributed by atoms with E-state index in [0.29, 0.717) is 5.56 Å². The number of nitrogens with one attached hydrogen (secondary N) is 1. The number of nitrogens with zero attached hydrogens (tertiary/aromatic N) is 4. The lowest BCUT2D eigenvalue weighted by molar-refractivity contribution is 0.102. The van der Waals surface area contributed by atoms with Crippen molar-refractivity contribution in [1.29, 1.82) is 0 Å². The fourth-order valence-corrected chi connectivity index (χ4v) is 1.14. The van der Waals surface area contributed by atoms with Gasteiger partial charge < -0.3 is 11.5 Å². The third kappa shape index (κ3) is 2.62. The van der Waals surface area contributed by atoms with Crippen LogP contribution in [0.1, 0.15) is 10.4 Å². The molecular formula is C9H9N7O. The highest BCUT2D eigenvalue weighted by molar-refractivity contribution is 6.03. The van der Waals surface area contributed by atoms with E-state index < -0.39 is 5.91 Å². The SMILES string of the molecule is Nc1nc(N)nc(NC(=O)c2cccnc2)n1. The molecule has 0 aromatic carbocycles. The maximum Gasteiger partial charge on any atom is 0.259 e. The predicted octanol–water partition coefficient (Wildman–Crippen LogP) is -0.317. The minimum absolute atomic E-state index is 0.00357. The van der Waals surface area contributed by atoms with E-state index in [0.717, 1.165) is 0 Å². The van der Waals surface area contributed by atoms with Crippen LogP contribution >= 0.6 is 0 Å². The Bertz CT molecular complexity index is 522. The molecule has 0 aliphatic rings. The standard InChI is InChI=1S/C9H9N7O/c10-7-14-8(11)16-9(15-7)13-6(17)5-2-1-3-12-4-5/h1-4H,(H5,10,11,13,14,15,16,17). The topological polar surface area (TPSA) is 133 Å². The first-order valence-corrected chi connectivity index (χ1v) is 4.63. The van der Waals surface area contributed by atoms with E-state index in [1.54, 1.807) is 18.3 Å². The molecule has 2 rings (SSSR count). The molecule has 1 amide bonds. The largest absolute Gasteiger partial charge is 0.368 e. The Hall–Kier alpha value is -2.77. The molecule has 0 aliphatic heterocycles. The number of aromatic nitrogens is 4. The summed E-state index contributed by atoms with van der Waals surface area (Å²) in [6, 6.07) is 3.25. The van der Waals surface area contributed by atoms with E-state index in [9.17, 15) is 4.79 Å². The Morgan fingerprint density at radius 1 is 1.18 bits per heavy atom. The summed E-state index contributed by atoms with van der Waals surface area (Å²) in [5.41, 5.74) is 11.1. The zero-order valence-corrected chi connectivity index (χ0v) is 8.66. The summed E-state index contributed by atoms with van der Waals surface area (Å²) >= 11 is 0. The predicted molar refractivity (Wildman–Crippen MR) is 60.8 cm³/mol. The van der Waals surface area contributed by atoms with Gasteiger partial charge in [0.1, 0.15) is 0 Å². The first-order valence-electron chi connectivity index (χ1n) is 4.63. The Morgan fingerprint density at radius 2 is 1.88 bits per heavy atom. The third-order valence-electron chi connectivity index (χ3n) is 1.82. The highest BCUT2D eigenvalue weighted by atomic mass is 16.1. The van der Waals surface area contributed by atoms with E-state index in [-0.39, 0.29) is 17.8 Å². The van der Waals surface area contributed by atoms with E-state index in [2.05, 4.69) is 25.3 Å². The van der Waals surface area contributed by atoms with E-state index in [1.807, 2.05) is 0 Å². The Kier molecular flexibility index (Phi) is 2.77. The highest BCUT2D eigenvalue weighted by Gasteiger charge is 2.08. The van der Waals surface area contributed by atoms with E-state index in [1.165, 1.54) is 6.20 Å². The summed E-state index contributed by atoms with van der Waals surface area (Å²) in [7, 11) is 0. The lowest BCUT2D eigenvalue weighted by Crippen LogP contribution is -2.16. The van der Waals surface area contributed by atoms with Crippen LogP contribution < -0.4 is 16.8 Å². The quantitative estimate of drug-likeness (QED) is 0.645. The molecule has 0 fully saturated rings. The summed E-state index contributed by atoms with van der Waals surface area (Å²) in [4.78, 5) is 26.6. The van der Waals surface area contributed by atoms with Crippen LogP contribution in [0.25, 0.3) is 0 Å².